The zero-order chi connectivity index (χ0) is 13.1. The van der Waals surface area contributed by atoms with E-state index in [4.69, 9.17) is 4.74 Å². The van der Waals surface area contributed by atoms with Gasteiger partial charge in [-0.25, -0.2) is 4.79 Å². The quantitative estimate of drug-likeness (QED) is 0.878. The van der Waals surface area contributed by atoms with Crippen LogP contribution < -0.4 is 5.32 Å². The molecule has 1 aromatic heterocycles. The van der Waals surface area contributed by atoms with Crippen molar-refractivity contribution in [1.82, 2.24) is 15.1 Å². The number of amides is 1. The maximum Gasteiger partial charge on any atom is 0.407 e. The molecule has 0 radical (unpaired) electrons. The van der Waals surface area contributed by atoms with Crippen molar-refractivity contribution in [2.45, 2.75) is 46.8 Å². The third-order valence-corrected chi connectivity index (χ3v) is 2.10. The molecule has 96 valence electrons. The predicted octanol–water partition coefficient (Wildman–Crippen LogP) is 2.02. The SMILES string of the molecule is Cc1cc(C)n(CCNC(=O)OC(C)(C)C)n1. The number of hydrogen-bond donors (Lipinski definition) is 1. The van der Waals surface area contributed by atoms with E-state index in [9.17, 15) is 4.79 Å². The summed E-state index contributed by atoms with van der Waals surface area (Å²) in [5, 5.41) is 7.01. The first-order valence-corrected chi connectivity index (χ1v) is 5.76. The van der Waals surface area contributed by atoms with Gasteiger partial charge in [-0.1, -0.05) is 0 Å². The highest BCUT2D eigenvalue weighted by atomic mass is 16.6. The van der Waals surface area contributed by atoms with Crippen molar-refractivity contribution in [1.29, 1.82) is 0 Å². The Morgan fingerprint density at radius 3 is 2.59 bits per heavy atom. The molecule has 0 aliphatic carbocycles. The van der Waals surface area contributed by atoms with Gasteiger partial charge in [-0.2, -0.15) is 5.10 Å². The Hall–Kier alpha value is -1.52. The maximum atomic E-state index is 11.4. The van der Waals surface area contributed by atoms with Gasteiger partial charge in [-0.3, -0.25) is 4.68 Å². The lowest BCUT2D eigenvalue weighted by Gasteiger charge is -2.19. The predicted molar refractivity (Wildman–Crippen MR) is 65.9 cm³/mol. The maximum absolute atomic E-state index is 11.4. The van der Waals surface area contributed by atoms with Crippen LogP contribution >= 0.6 is 0 Å². The Balaban J connectivity index is 2.33. The van der Waals surface area contributed by atoms with Crippen molar-refractivity contribution in [3.05, 3.63) is 17.5 Å². The van der Waals surface area contributed by atoms with Crippen LogP contribution in [0.1, 0.15) is 32.2 Å². The molecule has 1 aromatic rings. The summed E-state index contributed by atoms with van der Waals surface area (Å²) in [4.78, 5) is 11.4. The fourth-order valence-electron chi connectivity index (χ4n) is 1.48. The van der Waals surface area contributed by atoms with Crippen molar-refractivity contribution in [3.63, 3.8) is 0 Å². The van der Waals surface area contributed by atoms with Gasteiger partial charge in [0.05, 0.1) is 12.2 Å². The van der Waals surface area contributed by atoms with E-state index in [1.807, 2.05) is 45.4 Å². The van der Waals surface area contributed by atoms with Crippen LogP contribution in [-0.2, 0) is 11.3 Å². The lowest BCUT2D eigenvalue weighted by atomic mass is 10.2. The smallest absolute Gasteiger partial charge is 0.407 e. The molecular weight excluding hydrogens is 218 g/mol. The molecule has 5 heteroatoms. The number of aromatic nitrogens is 2. The Morgan fingerprint density at radius 1 is 1.47 bits per heavy atom. The molecule has 0 aliphatic rings. The van der Waals surface area contributed by atoms with E-state index in [2.05, 4.69) is 10.4 Å². The van der Waals surface area contributed by atoms with Gasteiger partial charge < -0.3 is 10.1 Å². The fourth-order valence-corrected chi connectivity index (χ4v) is 1.48. The van der Waals surface area contributed by atoms with Crippen molar-refractivity contribution < 1.29 is 9.53 Å². The van der Waals surface area contributed by atoms with E-state index in [-0.39, 0.29) is 6.09 Å². The van der Waals surface area contributed by atoms with E-state index in [0.29, 0.717) is 13.1 Å². The van der Waals surface area contributed by atoms with Crippen LogP contribution in [0, 0.1) is 13.8 Å². The average molecular weight is 239 g/mol. The summed E-state index contributed by atoms with van der Waals surface area (Å²) in [6.45, 7) is 10.6. The molecule has 1 N–H and O–H groups in total. The Kier molecular flexibility index (Phi) is 4.15. The van der Waals surface area contributed by atoms with Crippen LogP contribution in [-0.4, -0.2) is 28.0 Å². The molecule has 0 saturated heterocycles. The second-order valence-electron chi connectivity index (χ2n) is 5.08. The van der Waals surface area contributed by atoms with Crippen LogP contribution in [0.25, 0.3) is 0 Å². The number of alkyl carbamates (subject to hydrolysis) is 1. The van der Waals surface area contributed by atoms with Crippen molar-refractivity contribution in [2.24, 2.45) is 0 Å². The second-order valence-corrected chi connectivity index (χ2v) is 5.08. The largest absolute Gasteiger partial charge is 0.444 e. The minimum Gasteiger partial charge on any atom is -0.444 e. The summed E-state index contributed by atoms with van der Waals surface area (Å²) >= 11 is 0. The highest BCUT2D eigenvalue weighted by molar-refractivity contribution is 5.67. The van der Waals surface area contributed by atoms with Gasteiger partial charge in [0.25, 0.3) is 0 Å². The van der Waals surface area contributed by atoms with Crippen LogP contribution in [0.15, 0.2) is 6.07 Å². The minimum absolute atomic E-state index is 0.390. The third kappa shape index (κ3) is 4.89. The third-order valence-electron chi connectivity index (χ3n) is 2.10. The molecule has 17 heavy (non-hydrogen) atoms. The lowest BCUT2D eigenvalue weighted by Crippen LogP contribution is -2.34. The zero-order valence-electron chi connectivity index (χ0n) is 11.2. The monoisotopic (exact) mass is 239 g/mol. The summed E-state index contributed by atoms with van der Waals surface area (Å²) in [6.07, 6.45) is -0.390. The van der Waals surface area contributed by atoms with Crippen molar-refractivity contribution >= 4 is 6.09 Å². The number of carbonyl (C=O) groups excluding carboxylic acids is 1. The highest BCUT2D eigenvalue weighted by Gasteiger charge is 2.15. The summed E-state index contributed by atoms with van der Waals surface area (Å²) in [5.41, 5.74) is 1.62. The molecule has 1 heterocycles. The molecule has 0 aromatic carbocycles. The Bertz CT molecular complexity index is 391. The van der Waals surface area contributed by atoms with E-state index in [1.165, 1.54) is 0 Å². The van der Waals surface area contributed by atoms with Gasteiger partial charge in [0, 0.05) is 12.2 Å². The molecule has 0 bridgehead atoms. The van der Waals surface area contributed by atoms with Gasteiger partial charge in [0.2, 0.25) is 0 Å². The van der Waals surface area contributed by atoms with E-state index >= 15 is 0 Å². The number of nitrogens with zero attached hydrogens (tertiary/aromatic N) is 2. The van der Waals surface area contributed by atoms with Crippen LogP contribution in [0.2, 0.25) is 0 Å². The van der Waals surface area contributed by atoms with Crippen LogP contribution in [0.5, 0.6) is 0 Å². The molecule has 0 fully saturated rings. The van der Waals surface area contributed by atoms with Crippen molar-refractivity contribution in [3.8, 4) is 0 Å². The Morgan fingerprint density at radius 2 is 2.12 bits per heavy atom. The minimum atomic E-state index is -0.456. The molecule has 0 atom stereocenters. The summed E-state index contributed by atoms with van der Waals surface area (Å²) in [5.74, 6) is 0. The summed E-state index contributed by atoms with van der Waals surface area (Å²) in [7, 11) is 0. The fraction of sp³-hybridized carbons (Fsp3) is 0.667. The standard InChI is InChI=1S/C12H21N3O2/c1-9-8-10(2)15(14-9)7-6-13-11(16)17-12(3,4)5/h8H,6-7H2,1-5H3,(H,13,16). The van der Waals surface area contributed by atoms with Gasteiger partial charge >= 0.3 is 6.09 Å². The second kappa shape index (κ2) is 5.21. The molecule has 0 unspecified atom stereocenters. The topological polar surface area (TPSA) is 56.2 Å². The Labute approximate surface area is 102 Å². The van der Waals surface area contributed by atoms with Crippen LogP contribution in [0.3, 0.4) is 0 Å². The van der Waals surface area contributed by atoms with E-state index in [1.54, 1.807) is 0 Å². The first-order chi connectivity index (χ1) is 7.78. The summed E-state index contributed by atoms with van der Waals surface area (Å²) in [6, 6.07) is 2.01. The van der Waals surface area contributed by atoms with Gasteiger partial charge in [0.1, 0.15) is 5.60 Å². The molecule has 0 saturated carbocycles. The molecule has 0 aliphatic heterocycles. The molecular formula is C12H21N3O2. The normalized spacial score (nSPS) is 11.4. The first-order valence-electron chi connectivity index (χ1n) is 5.76. The van der Waals surface area contributed by atoms with Crippen molar-refractivity contribution in [2.75, 3.05) is 6.54 Å². The van der Waals surface area contributed by atoms with Crippen LogP contribution in [0.4, 0.5) is 4.79 Å². The number of ether oxygens (including phenoxy) is 1. The number of nitrogens with one attached hydrogen (secondary N) is 1. The number of rotatable bonds is 3. The molecule has 0 spiro atoms. The average Bonchev–Trinajstić information content (AvgIpc) is 2.42. The van der Waals surface area contributed by atoms with Gasteiger partial charge in [0.15, 0.2) is 0 Å². The van der Waals surface area contributed by atoms with E-state index < -0.39 is 5.60 Å². The number of carbonyl (C=O) groups is 1. The van der Waals surface area contributed by atoms with Gasteiger partial charge in [-0.15, -0.1) is 0 Å². The molecule has 1 rings (SSSR count). The van der Waals surface area contributed by atoms with E-state index in [0.717, 1.165) is 11.4 Å². The molecule has 1 amide bonds. The zero-order valence-corrected chi connectivity index (χ0v) is 11.2. The number of hydrogen-bond acceptors (Lipinski definition) is 3. The highest BCUT2D eigenvalue weighted by Crippen LogP contribution is 2.06. The molecule has 5 nitrogen and oxygen atoms in total. The lowest BCUT2D eigenvalue weighted by molar-refractivity contribution is 0.0525. The number of aryl methyl sites for hydroxylation is 2. The van der Waals surface area contributed by atoms with Gasteiger partial charge in [-0.05, 0) is 40.7 Å². The summed E-state index contributed by atoms with van der Waals surface area (Å²) < 4.78 is 7.00. The first kappa shape index (κ1) is 13.5.